The van der Waals surface area contributed by atoms with Gasteiger partial charge in [-0.1, -0.05) is 41.4 Å². The number of nitrogens with zero attached hydrogens (tertiary/aromatic N) is 4. The predicted octanol–water partition coefficient (Wildman–Crippen LogP) is 3.64. The van der Waals surface area contributed by atoms with Crippen molar-refractivity contribution in [1.82, 2.24) is 19.6 Å². The van der Waals surface area contributed by atoms with Crippen LogP contribution in [-0.4, -0.2) is 59.4 Å². The number of piperazine rings is 1. The highest BCUT2D eigenvalue weighted by Crippen LogP contribution is 2.21. The molecule has 1 aliphatic rings. The number of anilines is 1. The van der Waals surface area contributed by atoms with Crippen LogP contribution in [0.1, 0.15) is 27.3 Å². The van der Waals surface area contributed by atoms with Crippen molar-refractivity contribution < 1.29 is 4.79 Å². The van der Waals surface area contributed by atoms with Crippen LogP contribution in [0.4, 0.5) is 5.13 Å². The molecule has 1 amide bonds. The Kier molecular flexibility index (Phi) is 7.17. The molecule has 6 nitrogen and oxygen atoms in total. The van der Waals surface area contributed by atoms with Gasteiger partial charge < -0.3 is 10.2 Å². The van der Waals surface area contributed by atoms with E-state index in [0.29, 0.717) is 18.5 Å². The Morgan fingerprint density at radius 3 is 2.48 bits per heavy atom. The van der Waals surface area contributed by atoms with Gasteiger partial charge in [-0.05, 0) is 36.8 Å². The summed E-state index contributed by atoms with van der Waals surface area (Å²) in [5, 5.41) is 4.74. The molecular weight excluding hydrogens is 430 g/mol. The number of aromatic nitrogens is 2. The number of halogens is 1. The molecule has 0 spiro atoms. The molecule has 0 bridgehead atoms. The van der Waals surface area contributed by atoms with Crippen molar-refractivity contribution >= 4 is 34.2 Å². The van der Waals surface area contributed by atoms with Gasteiger partial charge in [-0.2, -0.15) is 4.37 Å². The van der Waals surface area contributed by atoms with E-state index in [1.807, 2.05) is 55.5 Å². The number of rotatable bonds is 7. The maximum atomic E-state index is 12.2. The van der Waals surface area contributed by atoms with Gasteiger partial charge in [0.15, 0.2) is 0 Å². The second-order valence-corrected chi connectivity index (χ2v) is 8.91. The second-order valence-electron chi connectivity index (χ2n) is 7.75. The van der Waals surface area contributed by atoms with Gasteiger partial charge in [-0.25, -0.2) is 4.98 Å². The topological polar surface area (TPSA) is 61.4 Å². The molecule has 0 unspecified atom stereocenters. The first kappa shape index (κ1) is 21.7. The van der Waals surface area contributed by atoms with Crippen molar-refractivity contribution in [3.63, 3.8) is 0 Å². The molecule has 162 valence electrons. The van der Waals surface area contributed by atoms with Crippen LogP contribution in [0.15, 0.2) is 48.5 Å². The van der Waals surface area contributed by atoms with Gasteiger partial charge in [-0.3, -0.25) is 9.69 Å². The molecule has 3 aromatic rings. The Labute approximate surface area is 192 Å². The van der Waals surface area contributed by atoms with Crippen LogP contribution in [0, 0.1) is 6.92 Å². The molecule has 0 saturated carbocycles. The summed E-state index contributed by atoms with van der Waals surface area (Å²) in [5.41, 5.74) is 3.02. The number of hydrogen-bond donors (Lipinski definition) is 1. The molecular formula is C23H26ClN5OS. The predicted molar refractivity (Wildman–Crippen MR) is 126 cm³/mol. The van der Waals surface area contributed by atoms with Crippen molar-refractivity contribution in [3.8, 4) is 0 Å². The zero-order valence-electron chi connectivity index (χ0n) is 17.6. The summed E-state index contributed by atoms with van der Waals surface area (Å²) in [6.07, 6.45) is 0.717. The summed E-state index contributed by atoms with van der Waals surface area (Å²) >= 11 is 7.42. The van der Waals surface area contributed by atoms with Crippen LogP contribution in [0.2, 0.25) is 5.02 Å². The van der Waals surface area contributed by atoms with Crippen LogP contribution in [-0.2, 0) is 6.42 Å². The summed E-state index contributed by atoms with van der Waals surface area (Å²) < 4.78 is 4.53. The molecule has 8 heteroatoms. The van der Waals surface area contributed by atoms with Crippen LogP contribution >= 0.6 is 23.1 Å². The average molecular weight is 456 g/mol. The van der Waals surface area contributed by atoms with E-state index in [9.17, 15) is 4.79 Å². The lowest BCUT2D eigenvalue weighted by Crippen LogP contribution is -2.48. The van der Waals surface area contributed by atoms with Gasteiger partial charge in [0, 0.05) is 67.8 Å². The molecule has 31 heavy (non-hydrogen) atoms. The van der Waals surface area contributed by atoms with E-state index in [0.717, 1.165) is 59.8 Å². The average Bonchev–Trinajstić information content (AvgIpc) is 3.25. The van der Waals surface area contributed by atoms with Gasteiger partial charge in [0.25, 0.3) is 5.91 Å². The smallest absolute Gasteiger partial charge is 0.251 e. The van der Waals surface area contributed by atoms with Crippen molar-refractivity contribution in [2.75, 3.05) is 44.2 Å². The molecule has 1 N–H and O–H groups in total. The standard InChI is InChI=1S/C23H26ClN5OS/c1-17-2-6-19(7-3-17)22(30)25-10-11-28-12-14-29(15-13-28)23-26-21(27-31-23)16-18-4-8-20(24)9-5-18/h2-9H,10-16H2,1H3,(H,25,30). The van der Waals surface area contributed by atoms with Gasteiger partial charge in [0.1, 0.15) is 5.82 Å². The fourth-order valence-electron chi connectivity index (χ4n) is 3.53. The first-order chi connectivity index (χ1) is 15.1. The Bertz CT molecular complexity index is 998. The van der Waals surface area contributed by atoms with Crippen molar-refractivity contribution in [2.24, 2.45) is 0 Å². The third-order valence-electron chi connectivity index (χ3n) is 5.40. The Morgan fingerprint density at radius 2 is 1.77 bits per heavy atom. The quantitative estimate of drug-likeness (QED) is 0.589. The van der Waals surface area contributed by atoms with Crippen LogP contribution in [0.3, 0.4) is 0 Å². The van der Waals surface area contributed by atoms with E-state index < -0.39 is 0 Å². The number of carbonyl (C=O) groups excluding carboxylic acids is 1. The highest BCUT2D eigenvalue weighted by Gasteiger charge is 2.20. The maximum absolute atomic E-state index is 12.2. The van der Waals surface area contributed by atoms with Crippen molar-refractivity contribution in [1.29, 1.82) is 0 Å². The van der Waals surface area contributed by atoms with E-state index in [-0.39, 0.29) is 5.91 Å². The molecule has 1 fully saturated rings. The van der Waals surface area contributed by atoms with Gasteiger partial charge in [-0.15, -0.1) is 0 Å². The van der Waals surface area contributed by atoms with Gasteiger partial charge >= 0.3 is 0 Å². The number of nitrogens with one attached hydrogen (secondary N) is 1. The third-order valence-corrected chi connectivity index (χ3v) is 6.47. The Hall–Kier alpha value is -2.48. The highest BCUT2D eigenvalue weighted by atomic mass is 35.5. The van der Waals surface area contributed by atoms with Gasteiger partial charge in [0.05, 0.1) is 0 Å². The van der Waals surface area contributed by atoms with Crippen LogP contribution in [0.25, 0.3) is 0 Å². The summed E-state index contributed by atoms with van der Waals surface area (Å²) in [6.45, 7) is 7.26. The van der Waals surface area contributed by atoms with Crippen LogP contribution in [0.5, 0.6) is 0 Å². The fraction of sp³-hybridized carbons (Fsp3) is 0.348. The minimum absolute atomic E-state index is 0.0132. The maximum Gasteiger partial charge on any atom is 0.251 e. The van der Waals surface area contributed by atoms with Crippen molar-refractivity contribution in [3.05, 3.63) is 76.1 Å². The number of benzene rings is 2. The molecule has 1 saturated heterocycles. The lowest BCUT2D eigenvalue weighted by atomic mass is 10.1. The number of aryl methyl sites for hydroxylation is 1. The Balaban J connectivity index is 1.20. The molecule has 0 atom stereocenters. The fourth-order valence-corrected chi connectivity index (χ4v) is 4.39. The monoisotopic (exact) mass is 455 g/mol. The summed E-state index contributed by atoms with van der Waals surface area (Å²) in [5.74, 6) is 0.837. The van der Waals surface area contributed by atoms with E-state index in [1.54, 1.807) is 0 Å². The summed E-state index contributed by atoms with van der Waals surface area (Å²) in [7, 11) is 0. The Morgan fingerprint density at radius 1 is 1.06 bits per heavy atom. The van der Waals surface area contributed by atoms with Gasteiger partial charge in [0.2, 0.25) is 5.13 Å². The number of amides is 1. The zero-order valence-corrected chi connectivity index (χ0v) is 19.1. The molecule has 4 rings (SSSR count). The number of carbonyl (C=O) groups is 1. The summed E-state index contributed by atoms with van der Waals surface area (Å²) in [6, 6.07) is 15.5. The van der Waals surface area contributed by atoms with E-state index in [4.69, 9.17) is 16.6 Å². The second kappa shape index (κ2) is 10.2. The largest absolute Gasteiger partial charge is 0.351 e. The number of hydrogen-bond acceptors (Lipinski definition) is 6. The minimum atomic E-state index is -0.0132. The third kappa shape index (κ3) is 6.03. The molecule has 1 aromatic heterocycles. The molecule has 2 aromatic carbocycles. The molecule has 0 radical (unpaired) electrons. The minimum Gasteiger partial charge on any atom is -0.351 e. The molecule has 0 aliphatic carbocycles. The van der Waals surface area contributed by atoms with E-state index >= 15 is 0 Å². The first-order valence-electron chi connectivity index (χ1n) is 10.5. The SMILES string of the molecule is Cc1ccc(C(=O)NCCN2CCN(c3nc(Cc4ccc(Cl)cc4)ns3)CC2)cc1. The molecule has 2 heterocycles. The van der Waals surface area contributed by atoms with Crippen LogP contribution < -0.4 is 10.2 Å². The lowest BCUT2D eigenvalue weighted by molar-refractivity contribution is 0.0948. The van der Waals surface area contributed by atoms with E-state index in [2.05, 4.69) is 19.5 Å². The zero-order chi connectivity index (χ0) is 21.6. The highest BCUT2D eigenvalue weighted by molar-refractivity contribution is 7.09. The first-order valence-corrected chi connectivity index (χ1v) is 11.6. The lowest BCUT2D eigenvalue weighted by Gasteiger charge is -2.34. The normalized spacial score (nSPS) is 14.6. The van der Waals surface area contributed by atoms with E-state index in [1.165, 1.54) is 11.5 Å². The van der Waals surface area contributed by atoms with Crippen molar-refractivity contribution in [2.45, 2.75) is 13.3 Å². The summed E-state index contributed by atoms with van der Waals surface area (Å²) in [4.78, 5) is 21.6. The molecule has 1 aliphatic heterocycles.